The van der Waals surface area contributed by atoms with E-state index in [1.54, 1.807) is 0 Å². The third-order valence-corrected chi connectivity index (χ3v) is 4.85. The highest BCUT2D eigenvalue weighted by Gasteiger charge is 2.10. The Hall–Kier alpha value is -1.93. The number of anilines is 2. The highest BCUT2D eigenvalue weighted by Crippen LogP contribution is 2.25. The number of aromatic nitrogens is 2. The van der Waals surface area contributed by atoms with E-state index < -0.39 is 0 Å². The number of benzene rings is 1. The van der Waals surface area contributed by atoms with Crippen LogP contribution in [0, 0.1) is 6.92 Å². The first-order chi connectivity index (χ1) is 11.1. The van der Waals surface area contributed by atoms with Crippen LogP contribution in [0.2, 0.25) is 0 Å². The monoisotopic (exact) mass is 350 g/mol. The van der Waals surface area contributed by atoms with Crippen LogP contribution in [0.15, 0.2) is 28.6 Å². The van der Waals surface area contributed by atoms with Crippen molar-refractivity contribution in [3.63, 3.8) is 0 Å². The molecule has 1 aromatic heterocycles. The fraction of sp³-hybridized carbons (Fsp3) is 0.333. The third-order valence-electron chi connectivity index (χ3n) is 2.88. The molecule has 0 aliphatic heterocycles. The fourth-order valence-corrected chi connectivity index (χ4v) is 3.32. The lowest BCUT2D eigenvalue weighted by molar-refractivity contribution is -0.116. The highest BCUT2D eigenvalue weighted by atomic mass is 32.2. The lowest BCUT2D eigenvalue weighted by Crippen LogP contribution is -2.14. The smallest absolute Gasteiger partial charge is 0.234 e. The van der Waals surface area contributed by atoms with Crippen molar-refractivity contribution in [2.45, 2.75) is 31.0 Å². The van der Waals surface area contributed by atoms with E-state index in [4.69, 9.17) is 0 Å². The molecule has 1 aromatic carbocycles. The first-order valence-corrected chi connectivity index (χ1v) is 9.00. The number of nitrogens with one attached hydrogen (secondary N) is 2. The number of thioether (sulfide) groups is 1. The minimum atomic E-state index is -0.101. The summed E-state index contributed by atoms with van der Waals surface area (Å²) >= 11 is 2.56. The van der Waals surface area contributed by atoms with Gasteiger partial charge in [-0.2, -0.15) is 0 Å². The van der Waals surface area contributed by atoms with E-state index in [1.165, 1.54) is 23.1 Å². The maximum atomic E-state index is 12.0. The molecule has 0 aliphatic carbocycles. The number of carbonyl (C=O) groups is 2. The van der Waals surface area contributed by atoms with Gasteiger partial charge in [-0.3, -0.25) is 9.59 Å². The maximum absolute atomic E-state index is 12.0. The molecule has 2 rings (SSSR count). The second-order valence-corrected chi connectivity index (χ2v) is 7.02. The summed E-state index contributed by atoms with van der Waals surface area (Å²) in [4.78, 5) is 23.4. The second kappa shape index (κ2) is 8.64. The Morgan fingerprint density at radius 1 is 1.17 bits per heavy atom. The number of carbonyl (C=O) groups excluding carboxylic acids is 2. The molecular formula is C15H18N4O2S2. The zero-order chi connectivity index (χ0) is 16.7. The molecule has 1 heterocycles. The van der Waals surface area contributed by atoms with Crippen LogP contribution in [0.3, 0.4) is 0 Å². The van der Waals surface area contributed by atoms with Crippen molar-refractivity contribution in [3.8, 4) is 0 Å². The Balaban J connectivity index is 1.82. The van der Waals surface area contributed by atoms with Crippen LogP contribution >= 0.6 is 23.1 Å². The molecule has 2 aromatic rings. The molecule has 8 heteroatoms. The number of rotatable bonds is 7. The summed E-state index contributed by atoms with van der Waals surface area (Å²) in [5.41, 5.74) is 1.82. The van der Waals surface area contributed by atoms with E-state index in [0.29, 0.717) is 15.9 Å². The number of hydrogen-bond acceptors (Lipinski definition) is 6. The van der Waals surface area contributed by atoms with Crippen LogP contribution in [0.5, 0.6) is 0 Å². The van der Waals surface area contributed by atoms with Crippen molar-refractivity contribution in [1.29, 1.82) is 0 Å². The summed E-state index contributed by atoms with van der Waals surface area (Å²) < 4.78 is 0.650. The summed E-state index contributed by atoms with van der Waals surface area (Å²) in [7, 11) is 0. The summed E-state index contributed by atoms with van der Waals surface area (Å²) in [6.45, 7) is 3.88. The third kappa shape index (κ3) is 5.65. The predicted molar refractivity (Wildman–Crippen MR) is 94.0 cm³/mol. The zero-order valence-corrected chi connectivity index (χ0v) is 14.6. The van der Waals surface area contributed by atoms with E-state index in [1.807, 2.05) is 38.1 Å². The molecule has 6 nitrogen and oxygen atoms in total. The van der Waals surface area contributed by atoms with Gasteiger partial charge in [-0.25, -0.2) is 0 Å². The van der Waals surface area contributed by atoms with E-state index in [2.05, 4.69) is 20.8 Å². The molecule has 0 radical (unpaired) electrons. The van der Waals surface area contributed by atoms with Crippen LogP contribution in [0.4, 0.5) is 10.8 Å². The fourth-order valence-electron chi connectivity index (χ4n) is 1.75. The predicted octanol–water partition coefficient (Wildman–Crippen LogP) is 3.32. The number of amides is 2. The average Bonchev–Trinajstić information content (AvgIpc) is 2.95. The van der Waals surface area contributed by atoms with Gasteiger partial charge < -0.3 is 10.6 Å². The van der Waals surface area contributed by atoms with Crippen molar-refractivity contribution in [2.24, 2.45) is 0 Å². The summed E-state index contributed by atoms with van der Waals surface area (Å²) in [6, 6.07) is 7.62. The molecule has 0 bridgehead atoms. The molecule has 2 amide bonds. The molecule has 0 atom stereocenters. The molecule has 0 saturated heterocycles. The molecule has 122 valence electrons. The Labute approximate surface area is 143 Å². The van der Waals surface area contributed by atoms with Crippen molar-refractivity contribution in [2.75, 3.05) is 16.4 Å². The van der Waals surface area contributed by atoms with Gasteiger partial charge in [-0.15, -0.1) is 10.2 Å². The van der Waals surface area contributed by atoms with Gasteiger partial charge in [0.2, 0.25) is 16.9 Å². The maximum Gasteiger partial charge on any atom is 0.234 e. The molecule has 0 aliphatic rings. The van der Waals surface area contributed by atoms with E-state index in [9.17, 15) is 9.59 Å². The van der Waals surface area contributed by atoms with Gasteiger partial charge in [0.1, 0.15) is 0 Å². The Morgan fingerprint density at radius 2 is 1.96 bits per heavy atom. The molecule has 0 unspecified atom stereocenters. The lowest BCUT2D eigenvalue weighted by atomic mass is 10.2. The number of hydrogen-bond donors (Lipinski definition) is 2. The van der Waals surface area contributed by atoms with Gasteiger partial charge >= 0.3 is 0 Å². The molecule has 0 fully saturated rings. The van der Waals surface area contributed by atoms with Crippen molar-refractivity contribution in [3.05, 3.63) is 29.8 Å². The topological polar surface area (TPSA) is 84.0 Å². The van der Waals surface area contributed by atoms with Crippen molar-refractivity contribution >= 4 is 45.7 Å². The Bertz CT molecular complexity index is 688. The number of nitrogens with zero attached hydrogens (tertiary/aromatic N) is 2. The van der Waals surface area contributed by atoms with Crippen LogP contribution in [0.25, 0.3) is 0 Å². The number of para-hydroxylation sites is 1. The molecule has 23 heavy (non-hydrogen) atoms. The van der Waals surface area contributed by atoms with E-state index >= 15 is 0 Å². The molecule has 0 spiro atoms. The zero-order valence-electron chi connectivity index (χ0n) is 13.0. The summed E-state index contributed by atoms with van der Waals surface area (Å²) in [5, 5.41) is 13.9. The normalized spacial score (nSPS) is 10.3. The van der Waals surface area contributed by atoms with E-state index in [0.717, 1.165) is 17.7 Å². The van der Waals surface area contributed by atoms with Crippen molar-refractivity contribution < 1.29 is 9.59 Å². The molecular weight excluding hydrogens is 332 g/mol. The molecule has 0 saturated carbocycles. The Morgan fingerprint density at radius 3 is 2.70 bits per heavy atom. The van der Waals surface area contributed by atoms with Gasteiger partial charge in [0.15, 0.2) is 4.34 Å². The first kappa shape index (κ1) is 17.4. The van der Waals surface area contributed by atoms with Gasteiger partial charge in [0.05, 0.1) is 5.75 Å². The largest absolute Gasteiger partial charge is 0.325 e. The quantitative estimate of drug-likeness (QED) is 0.591. The van der Waals surface area contributed by atoms with Crippen LogP contribution in [-0.2, 0) is 9.59 Å². The van der Waals surface area contributed by atoms with E-state index in [-0.39, 0.29) is 17.6 Å². The Kier molecular flexibility index (Phi) is 6.54. The minimum Gasteiger partial charge on any atom is -0.325 e. The van der Waals surface area contributed by atoms with Gasteiger partial charge in [-0.1, -0.05) is 48.2 Å². The van der Waals surface area contributed by atoms with Crippen LogP contribution in [0.1, 0.15) is 25.3 Å². The SMILES string of the molecule is CCCC(=O)Nc1nnc(SCC(=O)Nc2ccccc2C)s1. The minimum absolute atomic E-state index is 0.0718. The van der Waals surface area contributed by atoms with Crippen LogP contribution < -0.4 is 10.6 Å². The van der Waals surface area contributed by atoms with Gasteiger partial charge in [0.25, 0.3) is 0 Å². The summed E-state index contributed by atoms with van der Waals surface area (Å²) in [5.74, 6) is 0.0693. The van der Waals surface area contributed by atoms with Crippen molar-refractivity contribution in [1.82, 2.24) is 10.2 Å². The van der Waals surface area contributed by atoms with Gasteiger partial charge in [0, 0.05) is 12.1 Å². The first-order valence-electron chi connectivity index (χ1n) is 7.20. The molecule has 2 N–H and O–H groups in total. The van der Waals surface area contributed by atoms with Crippen LogP contribution in [-0.4, -0.2) is 27.8 Å². The summed E-state index contributed by atoms with van der Waals surface area (Å²) in [6.07, 6.45) is 1.24. The highest BCUT2D eigenvalue weighted by molar-refractivity contribution is 8.01. The lowest BCUT2D eigenvalue weighted by Gasteiger charge is -2.06. The van der Waals surface area contributed by atoms with Gasteiger partial charge in [-0.05, 0) is 25.0 Å². The standard InChI is InChI=1S/C15H18N4O2S2/c1-3-6-12(20)17-14-18-19-15(23-14)22-9-13(21)16-11-8-5-4-7-10(11)2/h4-5,7-8H,3,6,9H2,1-2H3,(H,16,21)(H,17,18,20). The number of aryl methyl sites for hydroxylation is 1. The second-order valence-electron chi connectivity index (χ2n) is 4.82. The average molecular weight is 350 g/mol.